The summed E-state index contributed by atoms with van der Waals surface area (Å²) in [5.41, 5.74) is 0.104. The number of hydrogen-bond acceptors (Lipinski definition) is 3. The Hall–Kier alpha value is -0.640. The van der Waals surface area contributed by atoms with Crippen molar-refractivity contribution in [1.82, 2.24) is 4.90 Å². The zero-order chi connectivity index (χ0) is 11.9. The van der Waals surface area contributed by atoms with Crippen molar-refractivity contribution in [3.05, 3.63) is 24.3 Å². The van der Waals surface area contributed by atoms with E-state index in [1.54, 1.807) is 0 Å². The van der Waals surface area contributed by atoms with Crippen LogP contribution in [0.3, 0.4) is 0 Å². The van der Waals surface area contributed by atoms with Crippen LogP contribution in [-0.2, 0) is 9.47 Å². The molecule has 3 rings (SSSR count). The highest BCUT2D eigenvalue weighted by Crippen LogP contribution is 2.33. The molecule has 0 amide bonds. The molecule has 0 saturated carbocycles. The molecule has 3 aliphatic rings. The van der Waals surface area contributed by atoms with E-state index in [-0.39, 0.29) is 5.54 Å². The molecular formula is C14H21NO2. The van der Waals surface area contributed by atoms with Gasteiger partial charge in [0.15, 0.2) is 0 Å². The van der Waals surface area contributed by atoms with E-state index in [4.69, 9.17) is 9.47 Å². The van der Waals surface area contributed by atoms with Gasteiger partial charge in [0.1, 0.15) is 0 Å². The molecule has 0 aromatic rings. The maximum Gasteiger partial charge on any atom is 0.0936 e. The van der Waals surface area contributed by atoms with Crippen LogP contribution in [0.2, 0.25) is 0 Å². The standard InChI is InChI=1S/C14H21NO2/c1-11-5-3-4-6-14(11,2)15(7-12-9-16-12)8-13-10-17-13/h3-6,11-13H,7-10H2,1-2H3. The lowest BCUT2D eigenvalue weighted by molar-refractivity contribution is 0.0926. The van der Waals surface area contributed by atoms with Gasteiger partial charge in [-0.05, 0) is 12.8 Å². The van der Waals surface area contributed by atoms with Gasteiger partial charge in [-0.15, -0.1) is 0 Å². The molecule has 3 nitrogen and oxygen atoms in total. The van der Waals surface area contributed by atoms with E-state index < -0.39 is 0 Å². The molecule has 2 heterocycles. The summed E-state index contributed by atoms with van der Waals surface area (Å²) in [4.78, 5) is 2.53. The molecule has 0 spiro atoms. The van der Waals surface area contributed by atoms with Crippen LogP contribution in [0.1, 0.15) is 13.8 Å². The minimum atomic E-state index is 0.104. The first-order valence-corrected chi connectivity index (χ1v) is 6.53. The van der Waals surface area contributed by atoms with Crippen LogP contribution in [0, 0.1) is 5.92 Å². The fourth-order valence-corrected chi connectivity index (χ4v) is 2.53. The Balaban J connectivity index is 1.74. The number of epoxide rings is 2. The van der Waals surface area contributed by atoms with E-state index in [0.29, 0.717) is 18.1 Å². The summed E-state index contributed by atoms with van der Waals surface area (Å²) in [5, 5.41) is 0. The van der Waals surface area contributed by atoms with Gasteiger partial charge in [-0.2, -0.15) is 0 Å². The van der Waals surface area contributed by atoms with Gasteiger partial charge in [0.05, 0.1) is 25.4 Å². The lowest BCUT2D eigenvalue weighted by atomic mass is 9.81. The third-order valence-corrected chi connectivity index (χ3v) is 4.20. The fraction of sp³-hybridized carbons (Fsp3) is 0.714. The van der Waals surface area contributed by atoms with Gasteiger partial charge >= 0.3 is 0 Å². The highest BCUT2D eigenvalue weighted by molar-refractivity contribution is 5.23. The highest BCUT2D eigenvalue weighted by atomic mass is 16.6. The van der Waals surface area contributed by atoms with Crippen molar-refractivity contribution < 1.29 is 9.47 Å². The second kappa shape index (κ2) is 4.23. The predicted octanol–water partition coefficient (Wildman–Crippen LogP) is 1.61. The summed E-state index contributed by atoms with van der Waals surface area (Å²) in [6.45, 7) is 8.51. The molecule has 2 aliphatic heterocycles. The predicted molar refractivity (Wildman–Crippen MR) is 66.9 cm³/mol. The van der Waals surface area contributed by atoms with Crippen LogP contribution in [0.25, 0.3) is 0 Å². The molecule has 17 heavy (non-hydrogen) atoms. The Labute approximate surface area is 103 Å². The Morgan fingerprint density at radius 3 is 2.24 bits per heavy atom. The van der Waals surface area contributed by atoms with E-state index >= 15 is 0 Å². The van der Waals surface area contributed by atoms with Crippen molar-refractivity contribution in [3.8, 4) is 0 Å². The minimum absolute atomic E-state index is 0.104. The van der Waals surface area contributed by atoms with Gasteiger partial charge in [-0.3, -0.25) is 4.90 Å². The molecular weight excluding hydrogens is 214 g/mol. The van der Waals surface area contributed by atoms with Crippen LogP contribution in [0.5, 0.6) is 0 Å². The van der Waals surface area contributed by atoms with Crippen molar-refractivity contribution in [2.75, 3.05) is 26.3 Å². The summed E-state index contributed by atoms with van der Waals surface area (Å²) < 4.78 is 10.8. The molecule has 94 valence electrons. The van der Waals surface area contributed by atoms with Gasteiger partial charge < -0.3 is 9.47 Å². The average molecular weight is 235 g/mol. The van der Waals surface area contributed by atoms with Crippen molar-refractivity contribution in [2.24, 2.45) is 5.92 Å². The lowest BCUT2D eigenvalue weighted by Gasteiger charge is -2.43. The molecule has 1 aliphatic carbocycles. The second-order valence-electron chi connectivity index (χ2n) is 5.57. The van der Waals surface area contributed by atoms with Gasteiger partial charge in [-0.1, -0.05) is 31.2 Å². The maximum atomic E-state index is 5.39. The fourth-order valence-electron chi connectivity index (χ4n) is 2.53. The van der Waals surface area contributed by atoms with Gasteiger partial charge in [0.25, 0.3) is 0 Å². The first kappa shape index (κ1) is 11.5. The Bertz CT molecular complexity index is 330. The van der Waals surface area contributed by atoms with Crippen LogP contribution >= 0.6 is 0 Å². The third-order valence-electron chi connectivity index (χ3n) is 4.20. The number of ether oxygens (including phenoxy) is 2. The summed E-state index contributed by atoms with van der Waals surface area (Å²) in [6, 6.07) is 0. The zero-order valence-electron chi connectivity index (χ0n) is 10.6. The highest BCUT2D eigenvalue weighted by Gasteiger charge is 2.41. The molecule has 0 N–H and O–H groups in total. The molecule has 4 unspecified atom stereocenters. The molecule has 4 atom stereocenters. The van der Waals surface area contributed by atoms with Crippen LogP contribution in [0.15, 0.2) is 24.3 Å². The molecule has 0 radical (unpaired) electrons. The van der Waals surface area contributed by atoms with Gasteiger partial charge in [-0.25, -0.2) is 0 Å². The van der Waals surface area contributed by atoms with Gasteiger partial charge in [0, 0.05) is 18.6 Å². The van der Waals surface area contributed by atoms with Crippen LogP contribution in [-0.4, -0.2) is 49.0 Å². The molecule has 0 bridgehead atoms. The SMILES string of the molecule is CC1C=CC=CC1(C)N(CC1CO1)CC1CO1. The van der Waals surface area contributed by atoms with E-state index in [2.05, 4.69) is 43.1 Å². The number of nitrogens with zero attached hydrogens (tertiary/aromatic N) is 1. The molecule has 2 fully saturated rings. The molecule has 3 heteroatoms. The largest absolute Gasteiger partial charge is 0.372 e. The van der Waals surface area contributed by atoms with E-state index in [9.17, 15) is 0 Å². The van der Waals surface area contributed by atoms with E-state index in [1.165, 1.54) is 0 Å². The monoisotopic (exact) mass is 235 g/mol. The summed E-state index contributed by atoms with van der Waals surface area (Å²) in [6.07, 6.45) is 9.80. The average Bonchev–Trinajstić information content (AvgIpc) is 3.15. The quantitative estimate of drug-likeness (QED) is 0.678. The maximum absolute atomic E-state index is 5.39. The zero-order valence-corrected chi connectivity index (χ0v) is 10.6. The van der Waals surface area contributed by atoms with E-state index in [0.717, 1.165) is 26.3 Å². The number of rotatable bonds is 5. The number of hydrogen-bond donors (Lipinski definition) is 0. The first-order valence-electron chi connectivity index (χ1n) is 6.53. The first-order chi connectivity index (χ1) is 8.18. The van der Waals surface area contributed by atoms with Crippen molar-refractivity contribution >= 4 is 0 Å². The Morgan fingerprint density at radius 2 is 1.76 bits per heavy atom. The molecule has 0 aromatic carbocycles. The van der Waals surface area contributed by atoms with Crippen LogP contribution in [0.4, 0.5) is 0 Å². The van der Waals surface area contributed by atoms with Crippen molar-refractivity contribution in [3.63, 3.8) is 0 Å². The van der Waals surface area contributed by atoms with Crippen LogP contribution < -0.4 is 0 Å². The lowest BCUT2D eigenvalue weighted by Crippen LogP contribution is -2.52. The Morgan fingerprint density at radius 1 is 1.18 bits per heavy atom. The topological polar surface area (TPSA) is 28.3 Å². The summed E-state index contributed by atoms with van der Waals surface area (Å²) in [7, 11) is 0. The van der Waals surface area contributed by atoms with Crippen molar-refractivity contribution in [2.45, 2.75) is 31.6 Å². The van der Waals surface area contributed by atoms with Gasteiger partial charge in [0.2, 0.25) is 0 Å². The normalized spacial score (nSPS) is 43.1. The Kier molecular flexibility index (Phi) is 2.85. The van der Waals surface area contributed by atoms with E-state index in [1.807, 2.05) is 0 Å². The number of allylic oxidation sites excluding steroid dienone is 2. The smallest absolute Gasteiger partial charge is 0.0936 e. The molecule has 2 saturated heterocycles. The summed E-state index contributed by atoms with van der Waals surface area (Å²) >= 11 is 0. The summed E-state index contributed by atoms with van der Waals surface area (Å²) in [5.74, 6) is 0.532. The minimum Gasteiger partial charge on any atom is -0.372 e. The van der Waals surface area contributed by atoms with Crippen molar-refractivity contribution in [1.29, 1.82) is 0 Å². The third kappa shape index (κ3) is 2.46. The molecule has 0 aromatic heterocycles. The second-order valence-corrected chi connectivity index (χ2v) is 5.57.